The molecule has 0 aliphatic carbocycles. The Kier molecular flexibility index (Phi) is 5.31. The second-order valence-corrected chi connectivity index (χ2v) is 6.37. The zero-order valence-electron chi connectivity index (χ0n) is 14.0. The van der Waals surface area contributed by atoms with E-state index in [1.54, 1.807) is 7.11 Å². The van der Waals surface area contributed by atoms with Gasteiger partial charge in [0.1, 0.15) is 5.75 Å². The predicted octanol–water partition coefficient (Wildman–Crippen LogP) is 3.62. The highest BCUT2D eigenvalue weighted by Crippen LogP contribution is 2.21. The Morgan fingerprint density at radius 1 is 1.17 bits per heavy atom. The van der Waals surface area contributed by atoms with Crippen LogP contribution < -0.4 is 10.1 Å². The minimum atomic E-state index is 0.340. The third kappa shape index (κ3) is 4.34. The summed E-state index contributed by atoms with van der Waals surface area (Å²) in [7, 11) is 1.72. The van der Waals surface area contributed by atoms with Crippen molar-refractivity contribution in [1.82, 2.24) is 10.2 Å². The largest absolute Gasteiger partial charge is 0.497 e. The first-order valence-electron chi connectivity index (χ1n) is 8.41. The van der Waals surface area contributed by atoms with Gasteiger partial charge in [0.15, 0.2) is 0 Å². The van der Waals surface area contributed by atoms with E-state index >= 15 is 0 Å². The van der Waals surface area contributed by atoms with E-state index in [4.69, 9.17) is 4.74 Å². The Morgan fingerprint density at radius 2 is 2.00 bits per heavy atom. The molecule has 3 heteroatoms. The monoisotopic (exact) mass is 310 g/mol. The summed E-state index contributed by atoms with van der Waals surface area (Å²) in [6.45, 7) is 5.56. The fraction of sp³-hybridized carbons (Fsp3) is 0.400. The quantitative estimate of drug-likeness (QED) is 0.882. The lowest BCUT2D eigenvalue weighted by Crippen LogP contribution is -2.34. The Balaban J connectivity index is 1.53. The molecule has 1 aliphatic heterocycles. The first kappa shape index (κ1) is 16.0. The van der Waals surface area contributed by atoms with Crippen molar-refractivity contribution in [2.24, 2.45) is 0 Å². The average Bonchev–Trinajstić information content (AvgIpc) is 3.02. The van der Waals surface area contributed by atoms with Gasteiger partial charge in [0.25, 0.3) is 0 Å². The van der Waals surface area contributed by atoms with Crippen LogP contribution in [0.3, 0.4) is 0 Å². The highest BCUT2D eigenvalue weighted by atomic mass is 16.5. The van der Waals surface area contributed by atoms with Crippen molar-refractivity contribution in [3.63, 3.8) is 0 Å². The van der Waals surface area contributed by atoms with E-state index in [-0.39, 0.29) is 0 Å². The lowest BCUT2D eigenvalue weighted by molar-refractivity contribution is 0.316. The number of likely N-dealkylation sites (tertiary alicyclic amines) is 1. The van der Waals surface area contributed by atoms with Crippen molar-refractivity contribution in [3.8, 4) is 5.75 Å². The van der Waals surface area contributed by atoms with E-state index in [0.29, 0.717) is 12.1 Å². The molecule has 23 heavy (non-hydrogen) atoms. The lowest BCUT2D eigenvalue weighted by Gasteiger charge is -2.21. The molecule has 122 valence electrons. The van der Waals surface area contributed by atoms with E-state index in [1.807, 2.05) is 6.07 Å². The van der Waals surface area contributed by atoms with E-state index in [0.717, 1.165) is 25.4 Å². The van der Waals surface area contributed by atoms with Crippen LogP contribution in [-0.4, -0.2) is 31.1 Å². The summed E-state index contributed by atoms with van der Waals surface area (Å²) in [6.07, 6.45) is 1.21. The maximum Gasteiger partial charge on any atom is 0.119 e. The van der Waals surface area contributed by atoms with Gasteiger partial charge in [0.2, 0.25) is 0 Å². The summed E-state index contributed by atoms with van der Waals surface area (Å²) < 4.78 is 5.32. The zero-order chi connectivity index (χ0) is 16.1. The summed E-state index contributed by atoms with van der Waals surface area (Å²) >= 11 is 0. The van der Waals surface area contributed by atoms with Crippen LogP contribution in [0.2, 0.25) is 0 Å². The molecule has 2 aromatic carbocycles. The Labute approximate surface area is 139 Å². The second-order valence-electron chi connectivity index (χ2n) is 6.37. The minimum absolute atomic E-state index is 0.340. The predicted molar refractivity (Wildman–Crippen MR) is 94.7 cm³/mol. The van der Waals surface area contributed by atoms with Crippen LogP contribution in [-0.2, 0) is 6.54 Å². The van der Waals surface area contributed by atoms with Crippen LogP contribution in [0.5, 0.6) is 5.75 Å². The number of hydrogen-bond donors (Lipinski definition) is 1. The molecule has 2 unspecified atom stereocenters. The number of ether oxygens (including phenoxy) is 1. The lowest BCUT2D eigenvalue weighted by atomic mass is 10.1. The molecule has 1 N–H and O–H groups in total. The number of nitrogens with one attached hydrogen (secondary N) is 1. The van der Waals surface area contributed by atoms with E-state index in [9.17, 15) is 0 Å². The van der Waals surface area contributed by atoms with Crippen molar-refractivity contribution in [1.29, 1.82) is 0 Å². The Morgan fingerprint density at radius 3 is 2.78 bits per heavy atom. The number of rotatable bonds is 6. The maximum absolute atomic E-state index is 5.32. The van der Waals surface area contributed by atoms with E-state index in [1.165, 1.54) is 17.5 Å². The fourth-order valence-electron chi connectivity index (χ4n) is 3.31. The van der Waals surface area contributed by atoms with Crippen LogP contribution in [0.4, 0.5) is 0 Å². The summed E-state index contributed by atoms with van der Waals surface area (Å²) in [5, 5.41) is 3.76. The highest BCUT2D eigenvalue weighted by molar-refractivity contribution is 5.30. The average molecular weight is 310 g/mol. The van der Waals surface area contributed by atoms with Crippen LogP contribution >= 0.6 is 0 Å². The molecule has 1 heterocycles. The van der Waals surface area contributed by atoms with Crippen LogP contribution in [0.25, 0.3) is 0 Å². The summed E-state index contributed by atoms with van der Waals surface area (Å²) in [4.78, 5) is 2.53. The topological polar surface area (TPSA) is 24.5 Å². The van der Waals surface area contributed by atoms with Gasteiger partial charge in [0, 0.05) is 31.7 Å². The molecule has 0 aromatic heterocycles. The van der Waals surface area contributed by atoms with Gasteiger partial charge in [-0.25, -0.2) is 0 Å². The molecule has 1 aliphatic rings. The SMILES string of the molecule is COc1cccc(C(C)NC2CCN(Cc3ccccc3)C2)c1. The molecular formula is C20H26N2O. The Bertz CT molecular complexity index is 614. The van der Waals surface area contributed by atoms with Gasteiger partial charge >= 0.3 is 0 Å². The van der Waals surface area contributed by atoms with E-state index in [2.05, 4.69) is 65.7 Å². The molecule has 3 nitrogen and oxygen atoms in total. The molecule has 1 fully saturated rings. The summed E-state index contributed by atoms with van der Waals surface area (Å²) in [6, 6.07) is 20.0. The first-order valence-corrected chi connectivity index (χ1v) is 8.41. The van der Waals surface area contributed by atoms with Crippen LogP contribution in [0.15, 0.2) is 54.6 Å². The van der Waals surface area contributed by atoms with Gasteiger partial charge in [-0.15, -0.1) is 0 Å². The van der Waals surface area contributed by atoms with Crippen LogP contribution in [0, 0.1) is 0 Å². The summed E-state index contributed by atoms with van der Waals surface area (Å²) in [5.41, 5.74) is 2.68. The van der Waals surface area contributed by atoms with E-state index < -0.39 is 0 Å². The molecule has 3 rings (SSSR count). The zero-order valence-corrected chi connectivity index (χ0v) is 14.0. The van der Waals surface area contributed by atoms with Gasteiger partial charge in [-0.3, -0.25) is 4.90 Å². The maximum atomic E-state index is 5.32. The Hall–Kier alpha value is -1.84. The van der Waals surface area contributed by atoms with Crippen molar-refractivity contribution >= 4 is 0 Å². The molecule has 0 radical (unpaired) electrons. The normalized spacial score (nSPS) is 19.7. The highest BCUT2D eigenvalue weighted by Gasteiger charge is 2.23. The van der Waals surface area contributed by atoms with Crippen molar-refractivity contribution < 1.29 is 4.74 Å². The first-order chi connectivity index (χ1) is 11.2. The van der Waals surface area contributed by atoms with Gasteiger partial charge < -0.3 is 10.1 Å². The number of benzene rings is 2. The standard InChI is InChI=1S/C20H26N2O/c1-16(18-9-6-10-20(13-18)23-2)21-19-11-12-22(15-19)14-17-7-4-3-5-8-17/h3-10,13,16,19,21H,11-12,14-15H2,1-2H3. The minimum Gasteiger partial charge on any atom is -0.497 e. The molecule has 2 aromatic rings. The van der Waals surface area contributed by atoms with Crippen LogP contribution in [0.1, 0.15) is 30.5 Å². The smallest absolute Gasteiger partial charge is 0.119 e. The second kappa shape index (κ2) is 7.62. The van der Waals surface area contributed by atoms with Gasteiger partial charge in [-0.1, -0.05) is 42.5 Å². The van der Waals surface area contributed by atoms with Gasteiger partial charge in [-0.2, -0.15) is 0 Å². The third-order valence-corrected chi connectivity index (χ3v) is 4.60. The molecular weight excluding hydrogens is 284 g/mol. The molecule has 0 saturated carbocycles. The van der Waals surface area contributed by atoms with Crippen molar-refractivity contribution in [2.75, 3.05) is 20.2 Å². The number of nitrogens with zero attached hydrogens (tertiary/aromatic N) is 1. The number of hydrogen-bond acceptors (Lipinski definition) is 3. The molecule has 0 amide bonds. The number of methoxy groups -OCH3 is 1. The fourth-order valence-corrected chi connectivity index (χ4v) is 3.31. The molecule has 1 saturated heterocycles. The summed E-state index contributed by atoms with van der Waals surface area (Å²) in [5.74, 6) is 0.924. The van der Waals surface area contributed by atoms with Crippen molar-refractivity contribution in [2.45, 2.75) is 32.0 Å². The molecule has 0 spiro atoms. The molecule has 0 bridgehead atoms. The van der Waals surface area contributed by atoms with Gasteiger partial charge in [-0.05, 0) is 36.6 Å². The third-order valence-electron chi connectivity index (χ3n) is 4.60. The van der Waals surface area contributed by atoms with Gasteiger partial charge in [0.05, 0.1) is 7.11 Å². The molecule has 2 atom stereocenters. The van der Waals surface area contributed by atoms with Crippen molar-refractivity contribution in [3.05, 3.63) is 65.7 Å².